The maximum Gasteiger partial charge on any atom is 0.243 e. The molecule has 0 aromatic heterocycles. The van der Waals surface area contributed by atoms with Gasteiger partial charge < -0.3 is 14.7 Å². The van der Waals surface area contributed by atoms with Crippen molar-refractivity contribution >= 4 is 5.91 Å². The second-order valence-corrected chi connectivity index (χ2v) is 5.39. The smallest absolute Gasteiger partial charge is 0.243 e. The summed E-state index contributed by atoms with van der Waals surface area (Å²) in [5.74, 6) is -0.0806. The maximum absolute atomic E-state index is 10.9. The summed E-state index contributed by atoms with van der Waals surface area (Å²) in [6, 6.07) is 0. The van der Waals surface area contributed by atoms with E-state index in [0.717, 1.165) is 30.5 Å². The minimum Gasteiger partial charge on any atom is -0.352 e. The summed E-state index contributed by atoms with van der Waals surface area (Å²) in [5.41, 5.74) is 0. The molecule has 0 rings (SSSR count). The molecule has 1 amide bonds. The lowest BCUT2D eigenvalue weighted by atomic mass is 10.3. The van der Waals surface area contributed by atoms with Gasteiger partial charge in [-0.1, -0.05) is 6.58 Å². The second kappa shape index (κ2) is 8.25. The zero-order valence-electron chi connectivity index (χ0n) is 11.8. The van der Waals surface area contributed by atoms with Crippen LogP contribution in [0.1, 0.15) is 12.8 Å². The van der Waals surface area contributed by atoms with E-state index in [2.05, 4.69) is 45.0 Å². The van der Waals surface area contributed by atoms with Crippen molar-refractivity contribution in [2.75, 3.05) is 54.4 Å². The monoisotopic (exact) mass is 242 g/mol. The van der Waals surface area contributed by atoms with Gasteiger partial charge in [0.1, 0.15) is 0 Å². The Balaban J connectivity index is 3.63. The van der Waals surface area contributed by atoms with Crippen LogP contribution in [0, 0.1) is 0 Å². The van der Waals surface area contributed by atoms with Crippen molar-refractivity contribution in [3.05, 3.63) is 12.7 Å². The maximum atomic E-state index is 10.9. The van der Waals surface area contributed by atoms with Gasteiger partial charge in [-0.3, -0.25) is 4.79 Å². The molecule has 17 heavy (non-hydrogen) atoms. The van der Waals surface area contributed by atoms with Crippen molar-refractivity contribution < 1.29 is 9.28 Å². The number of rotatable bonds is 9. The van der Waals surface area contributed by atoms with Crippen molar-refractivity contribution in [2.24, 2.45) is 0 Å². The zero-order chi connectivity index (χ0) is 13.3. The molecule has 100 valence electrons. The number of carbonyl (C=O) groups excluding carboxylic acids is 1. The van der Waals surface area contributed by atoms with Crippen LogP contribution >= 0.6 is 0 Å². The molecule has 0 radical (unpaired) electrons. The fourth-order valence-corrected chi connectivity index (χ4v) is 1.72. The lowest BCUT2D eigenvalue weighted by Gasteiger charge is -2.30. The number of nitrogens with zero attached hydrogens (tertiary/aromatic N) is 2. The van der Waals surface area contributed by atoms with E-state index < -0.39 is 0 Å². The molecule has 0 heterocycles. The van der Waals surface area contributed by atoms with E-state index in [9.17, 15) is 4.79 Å². The molecule has 0 aromatic rings. The SMILES string of the molecule is C=CC(=O)NCCC[N+](C)(C)CCCN(C)C. The Kier molecular flexibility index (Phi) is 7.83. The molecule has 1 N–H and O–H groups in total. The minimum absolute atomic E-state index is 0.0806. The van der Waals surface area contributed by atoms with E-state index in [1.165, 1.54) is 19.0 Å². The number of hydrogen-bond acceptors (Lipinski definition) is 2. The summed E-state index contributed by atoms with van der Waals surface area (Å²) in [5, 5.41) is 2.80. The lowest BCUT2D eigenvalue weighted by Crippen LogP contribution is -2.43. The Morgan fingerprint density at radius 2 is 1.88 bits per heavy atom. The van der Waals surface area contributed by atoms with Crippen molar-refractivity contribution in [1.29, 1.82) is 0 Å². The summed E-state index contributed by atoms with van der Waals surface area (Å²) in [7, 11) is 8.69. The van der Waals surface area contributed by atoms with E-state index >= 15 is 0 Å². The molecule has 0 aliphatic rings. The number of amides is 1. The Labute approximate surface area is 106 Å². The van der Waals surface area contributed by atoms with Gasteiger partial charge in [0.2, 0.25) is 5.91 Å². The van der Waals surface area contributed by atoms with Gasteiger partial charge in [0, 0.05) is 25.9 Å². The molecule has 0 fully saturated rings. The molecule has 0 spiro atoms. The highest BCUT2D eigenvalue weighted by Crippen LogP contribution is 2.01. The minimum atomic E-state index is -0.0806. The van der Waals surface area contributed by atoms with Crippen LogP contribution in [0.15, 0.2) is 12.7 Å². The molecule has 0 bridgehead atoms. The van der Waals surface area contributed by atoms with Crippen molar-refractivity contribution in [2.45, 2.75) is 12.8 Å². The molecule has 0 atom stereocenters. The highest BCUT2D eigenvalue weighted by molar-refractivity contribution is 5.86. The fourth-order valence-electron chi connectivity index (χ4n) is 1.72. The molecule has 0 aliphatic carbocycles. The van der Waals surface area contributed by atoms with Crippen LogP contribution in [-0.2, 0) is 4.79 Å². The average molecular weight is 242 g/mol. The quantitative estimate of drug-likeness (QED) is 0.367. The van der Waals surface area contributed by atoms with Crippen molar-refractivity contribution in [1.82, 2.24) is 10.2 Å². The van der Waals surface area contributed by atoms with Gasteiger partial charge >= 0.3 is 0 Å². The third kappa shape index (κ3) is 10.0. The highest BCUT2D eigenvalue weighted by atomic mass is 16.1. The molecule has 0 saturated heterocycles. The standard InChI is InChI=1S/C13H27N3O/c1-6-13(17)14-9-7-11-16(4,5)12-8-10-15(2)3/h6H,1,7-12H2,2-5H3/p+1. The predicted molar refractivity (Wildman–Crippen MR) is 72.8 cm³/mol. The zero-order valence-corrected chi connectivity index (χ0v) is 11.8. The Morgan fingerprint density at radius 1 is 1.29 bits per heavy atom. The lowest BCUT2D eigenvalue weighted by molar-refractivity contribution is -0.890. The van der Waals surface area contributed by atoms with Gasteiger partial charge in [0.05, 0.1) is 27.2 Å². The Bertz CT molecular complexity index is 237. The highest BCUT2D eigenvalue weighted by Gasteiger charge is 2.13. The van der Waals surface area contributed by atoms with E-state index in [-0.39, 0.29) is 5.91 Å². The van der Waals surface area contributed by atoms with Gasteiger partial charge in [-0.15, -0.1) is 0 Å². The Hall–Kier alpha value is -0.870. The normalized spacial score (nSPS) is 11.6. The molecule has 0 aliphatic heterocycles. The molecule has 4 nitrogen and oxygen atoms in total. The number of carbonyl (C=O) groups is 1. The van der Waals surface area contributed by atoms with E-state index in [4.69, 9.17) is 0 Å². The van der Waals surface area contributed by atoms with Crippen molar-refractivity contribution in [3.63, 3.8) is 0 Å². The second-order valence-electron chi connectivity index (χ2n) is 5.39. The van der Waals surface area contributed by atoms with Gasteiger partial charge in [-0.25, -0.2) is 0 Å². The molecule has 4 heteroatoms. The topological polar surface area (TPSA) is 32.3 Å². The van der Waals surface area contributed by atoms with Crippen LogP contribution in [0.25, 0.3) is 0 Å². The third-order valence-electron chi connectivity index (χ3n) is 2.79. The molecular weight excluding hydrogens is 214 g/mol. The van der Waals surface area contributed by atoms with Crippen LogP contribution in [0.4, 0.5) is 0 Å². The number of quaternary nitrogens is 1. The summed E-state index contributed by atoms with van der Waals surface area (Å²) < 4.78 is 1.01. The molecule has 0 unspecified atom stereocenters. The first-order valence-electron chi connectivity index (χ1n) is 6.24. The first kappa shape index (κ1) is 16.1. The molecule has 0 aromatic carbocycles. The first-order chi connectivity index (χ1) is 7.87. The van der Waals surface area contributed by atoms with E-state index in [0.29, 0.717) is 0 Å². The van der Waals surface area contributed by atoms with Crippen LogP contribution in [0.2, 0.25) is 0 Å². The van der Waals surface area contributed by atoms with Gasteiger partial charge in [-0.2, -0.15) is 0 Å². The first-order valence-corrected chi connectivity index (χ1v) is 6.24. The summed E-state index contributed by atoms with van der Waals surface area (Å²) >= 11 is 0. The Morgan fingerprint density at radius 3 is 2.41 bits per heavy atom. The summed E-state index contributed by atoms with van der Waals surface area (Å²) in [6.45, 7) is 7.56. The van der Waals surface area contributed by atoms with E-state index in [1.54, 1.807) is 0 Å². The molecule has 0 saturated carbocycles. The summed E-state index contributed by atoms with van der Waals surface area (Å²) in [6.07, 6.45) is 3.53. The van der Waals surface area contributed by atoms with E-state index in [1.807, 2.05) is 0 Å². The van der Waals surface area contributed by atoms with Crippen LogP contribution in [0.5, 0.6) is 0 Å². The van der Waals surface area contributed by atoms with Gasteiger partial charge in [0.25, 0.3) is 0 Å². The van der Waals surface area contributed by atoms with Gasteiger partial charge in [0.15, 0.2) is 0 Å². The van der Waals surface area contributed by atoms with Crippen LogP contribution in [0.3, 0.4) is 0 Å². The van der Waals surface area contributed by atoms with Crippen LogP contribution < -0.4 is 5.32 Å². The number of hydrogen-bond donors (Lipinski definition) is 1. The largest absolute Gasteiger partial charge is 0.352 e. The predicted octanol–water partition coefficient (Wildman–Crippen LogP) is 0.707. The average Bonchev–Trinajstić information content (AvgIpc) is 2.23. The molecular formula is C13H28N3O+. The third-order valence-corrected chi connectivity index (χ3v) is 2.79. The number of nitrogens with one attached hydrogen (secondary N) is 1. The van der Waals surface area contributed by atoms with Crippen molar-refractivity contribution in [3.8, 4) is 0 Å². The fraction of sp³-hybridized carbons (Fsp3) is 0.769. The summed E-state index contributed by atoms with van der Waals surface area (Å²) in [4.78, 5) is 13.2. The van der Waals surface area contributed by atoms with Crippen LogP contribution in [-0.4, -0.2) is 69.7 Å². The van der Waals surface area contributed by atoms with Gasteiger partial charge in [-0.05, 0) is 20.2 Å².